The number of halogens is 2. The third-order valence-corrected chi connectivity index (χ3v) is 12.1. The van der Waals surface area contributed by atoms with Crippen LogP contribution in [0.15, 0.2) is 81.7 Å². The summed E-state index contributed by atoms with van der Waals surface area (Å²) in [5, 5.41) is 12.5. The van der Waals surface area contributed by atoms with Crippen LogP contribution in [-0.4, -0.2) is 44.3 Å². The van der Waals surface area contributed by atoms with Gasteiger partial charge in [-0.05, 0) is 116 Å². The minimum atomic E-state index is -0.849. The molecule has 5 aromatic rings. The molecule has 0 unspecified atom stereocenters. The number of nitrogens with one attached hydrogen (secondary N) is 1. The fraction of sp³-hybridized carbons (Fsp3) is 0.237. The lowest BCUT2D eigenvalue weighted by atomic mass is 10.1. The van der Waals surface area contributed by atoms with E-state index in [4.69, 9.17) is 10.8 Å². The second-order valence-corrected chi connectivity index (χ2v) is 16.1. The van der Waals surface area contributed by atoms with E-state index in [1.807, 2.05) is 47.4 Å². The molecule has 12 heteroatoms. The maximum Gasteiger partial charge on any atom is 0.345 e. The predicted octanol–water partition coefficient (Wildman–Crippen LogP) is 10.0. The quantitative estimate of drug-likeness (QED) is 0.0924. The molecule has 3 radical (unpaired) electrons. The van der Waals surface area contributed by atoms with Crippen LogP contribution < -0.4 is 16.0 Å². The summed E-state index contributed by atoms with van der Waals surface area (Å²) in [5.74, 6) is -0.0628. The molecule has 1 fully saturated rings. The van der Waals surface area contributed by atoms with E-state index in [9.17, 15) is 14.4 Å². The monoisotopic (exact) mass is 830 g/mol. The number of aromatic carboxylic acids is 1. The molecule has 0 bridgehead atoms. The summed E-state index contributed by atoms with van der Waals surface area (Å²) in [4.78, 5) is 42.3. The van der Waals surface area contributed by atoms with Crippen molar-refractivity contribution in [1.82, 2.24) is 0 Å². The van der Waals surface area contributed by atoms with Crippen LogP contribution in [0.4, 0.5) is 17.1 Å². The van der Waals surface area contributed by atoms with E-state index in [0.717, 1.165) is 76.6 Å². The summed E-state index contributed by atoms with van der Waals surface area (Å²) in [5.41, 5.74) is 13.3. The lowest BCUT2D eigenvalue weighted by Crippen LogP contribution is -2.32. The molecule has 4 heterocycles. The maximum atomic E-state index is 13.3. The van der Waals surface area contributed by atoms with E-state index in [-0.39, 0.29) is 27.5 Å². The van der Waals surface area contributed by atoms with Gasteiger partial charge in [-0.25, -0.2) is 4.79 Å². The Kier molecular flexibility index (Phi) is 11.8. The molecule has 4 N–H and O–H groups in total. The van der Waals surface area contributed by atoms with Gasteiger partial charge in [-0.15, -0.1) is 22.7 Å². The highest BCUT2D eigenvalue weighted by atomic mass is 79.9. The molecule has 255 valence electrons. The van der Waals surface area contributed by atoms with Crippen LogP contribution in [0, 0.1) is 5.92 Å². The van der Waals surface area contributed by atoms with Crippen molar-refractivity contribution in [3.8, 4) is 20.9 Å². The lowest BCUT2D eigenvalue weighted by Gasteiger charge is -2.23. The SMILES string of the molecule is C.Nc1ccc(C(=O)N2CCc3cc(C(=O)CC4CC4)sc3-c3cc(Br)ccc32)cc1.O=C(O)c1cc2c(s1)-c1cc(Br)ccc1NCC2.[B]. The Labute approximate surface area is 318 Å². The summed E-state index contributed by atoms with van der Waals surface area (Å²) < 4.78 is 1.95. The van der Waals surface area contributed by atoms with Crippen molar-refractivity contribution in [3.05, 3.63) is 108 Å². The molecular formula is C38H35BBr2N3O4S2. The zero-order chi connectivity index (χ0) is 33.5. The summed E-state index contributed by atoms with van der Waals surface area (Å²) in [6.07, 6.45) is 4.58. The molecule has 7 nitrogen and oxygen atoms in total. The average Bonchev–Trinajstić information content (AvgIpc) is 3.70. The number of rotatable bonds is 5. The number of Topliss-reactive ketones (excluding diaryl/α,β-unsaturated/α-hetero) is 1. The molecule has 1 saturated carbocycles. The van der Waals surface area contributed by atoms with Crippen LogP contribution in [0.5, 0.6) is 0 Å². The number of amides is 1. The highest BCUT2D eigenvalue weighted by Crippen LogP contribution is 2.44. The van der Waals surface area contributed by atoms with Gasteiger partial charge < -0.3 is 21.1 Å². The minimum Gasteiger partial charge on any atom is -0.477 e. The molecule has 0 saturated heterocycles. The first-order valence-corrected chi connectivity index (χ1v) is 18.9. The smallest absolute Gasteiger partial charge is 0.345 e. The number of thiophene rings is 2. The van der Waals surface area contributed by atoms with E-state index in [1.54, 1.807) is 41.7 Å². The zero-order valence-corrected chi connectivity index (χ0v) is 31.1. The molecule has 2 aromatic heterocycles. The number of anilines is 3. The largest absolute Gasteiger partial charge is 0.477 e. The number of fused-ring (bicyclic) bond motifs is 6. The summed E-state index contributed by atoms with van der Waals surface area (Å²) in [7, 11) is 0. The number of benzene rings is 3. The molecule has 3 aliphatic rings. The number of nitrogen functional groups attached to an aromatic ring is 1. The fourth-order valence-corrected chi connectivity index (χ4v) is 9.06. The zero-order valence-electron chi connectivity index (χ0n) is 26.3. The Balaban J connectivity index is 0.000000209. The van der Waals surface area contributed by atoms with Crippen molar-refractivity contribution >= 4 is 97.7 Å². The summed E-state index contributed by atoms with van der Waals surface area (Å²) in [6.45, 7) is 1.40. The van der Waals surface area contributed by atoms with E-state index in [1.165, 1.54) is 24.2 Å². The summed E-state index contributed by atoms with van der Waals surface area (Å²) in [6, 6.07) is 22.9. The summed E-state index contributed by atoms with van der Waals surface area (Å²) >= 11 is 9.95. The van der Waals surface area contributed by atoms with Crippen molar-refractivity contribution in [2.45, 2.75) is 39.5 Å². The van der Waals surface area contributed by atoms with Crippen molar-refractivity contribution in [1.29, 1.82) is 0 Å². The number of nitrogens with zero attached hydrogens (tertiary/aromatic N) is 1. The Bertz CT molecular complexity index is 2070. The molecule has 0 atom stereocenters. The molecule has 0 spiro atoms. The van der Waals surface area contributed by atoms with Crippen molar-refractivity contribution in [2.75, 3.05) is 29.0 Å². The van der Waals surface area contributed by atoms with Gasteiger partial charge >= 0.3 is 5.97 Å². The van der Waals surface area contributed by atoms with Gasteiger partial charge in [0.2, 0.25) is 0 Å². The highest BCUT2D eigenvalue weighted by molar-refractivity contribution is 9.10. The Morgan fingerprint density at radius 1 is 0.840 bits per heavy atom. The maximum absolute atomic E-state index is 13.3. The second-order valence-electron chi connectivity index (χ2n) is 12.2. The number of carboxylic acid groups (broad SMARTS) is 1. The van der Waals surface area contributed by atoms with E-state index in [2.05, 4.69) is 37.2 Å². The van der Waals surface area contributed by atoms with Gasteiger partial charge in [0.1, 0.15) is 4.88 Å². The molecule has 1 aliphatic carbocycles. The topological polar surface area (TPSA) is 113 Å². The molecule has 50 heavy (non-hydrogen) atoms. The molecule has 8 rings (SSSR count). The van der Waals surface area contributed by atoms with E-state index in [0.29, 0.717) is 35.0 Å². The number of carboxylic acids is 1. The Morgan fingerprint density at radius 2 is 1.46 bits per heavy atom. The average molecular weight is 832 g/mol. The van der Waals surface area contributed by atoms with Crippen LogP contribution in [-0.2, 0) is 12.8 Å². The van der Waals surface area contributed by atoms with Gasteiger partial charge in [0, 0.05) is 74.7 Å². The van der Waals surface area contributed by atoms with Gasteiger partial charge in [-0.3, -0.25) is 9.59 Å². The van der Waals surface area contributed by atoms with Crippen molar-refractivity contribution in [3.63, 3.8) is 0 Å². The Morgan fingerprint density at radius 3 is 2.16 bits per heavy atom. The normalized spacial score (nSPS) is 13.9. The molecule has 3 aromatic carbocycles. The van der Waals surface area contributed by atoms with Gasteiger partial charge in [-0.1, -0.05) is 39.3 Å². The molecular weight excluding hydrogens is 797 g/mol. The standard InChI is InChI=1S/C24H21BrN2O2S.C13H10BrNO2S.CH4.B/c25-17-5-8-20-19(13-17)23-16(12-22(30-23)21(28)11-14-1-2-14)9-10-27(20)24(29)15-3-6-18(26)7-4-15;14-8-1-2-10-9(6-8)12-7(3-4-15-10)5-11(18-12)13(16)17;;/h3-8,12-14H,1-2,9-11,26H2;1-2,5-6,15H,3-4H2,(H,16,17);1H4;. The number of carbonyl (C=O) groups is 3. The number of hydrogen-bond acceptors (Lipinski definition) is 7. The third kappa shape index (κ3) is 7.93. The number of carbonyl (C=O) groups excluding carboxylic acids is 2. The first kappa shape index (κ1) is 37.5. The van der Waals surface area contributed by atoms with E-state index >= 15 is 0 Å². The van der Waals surface area contributed by atoms with Crippen molar-refractivity contribution < 1.29 is 19.5 Å². The van der Waals surface area contributed by atoms with Gasteiger partial charge in [-0.2, -0.15) is 0 Å². The van der Waals surface area contributed by atoms with Crippen LogP contribution in [0.2, 0.25) is 0 Å². The third-order valence-electron chi connectivity index (χ3n) is 8.71. The van der Waals surface area contributed by atoms with E-state index < -0.39 is 5.97 Å². The lowest BCUT2D eigenvalue weighted by molar-refractivity contribution is 0.0701. The first-order valence-electron chi connectivity index (χ1n) is 15.7. The number of nitrogens with two attached hydrogens (primary N) is 1. The number of hydrogen-bond donors (Lipinski definition) is 3. The Hall–Kier alpha value is -3.71. The van der Waals surface area contributed by atoms with Crippen molar-refractivity contribution in [2.24, 2.45) is 5.92 Å². The van der Waals surface area contributed by atoms with Gasteiger partial charge in [0.15, 0.2) is 5.78 Å². The second kappa shape index (κ2) is 15.7. The first-order chi connectivity index (χ1) is 23.1. The molecule has 2 aliphatic heterocycles. The van der Waals surface area contributed by atoms with Gasteiger partial charge in [0.05, 0.1) is 10.6 Å². The van der Waals surface area contributed by atoms with Gasteiger partial charge in [0.25, 0.3) is 5.91 Å². The van der Waals surface area contributed by atoms with Crippen LogP contribution in [0.1, 0.15) is 67.5 Å². The van der Waals surface area contributed by atoms with Crippen LogP contribution in [0.25, 0.3) is 20.9 Å². The van der Waals surface area contributed by atoms with Crippen LogP contribution in [0.3, 0.4) is 0 Å². The number of ketones is 1. The molecule has 1 amide bonds. The predicted molar refractivity (Wildman–Crippen MR) is 214 cm³/mol. The fourth-order valence-electron chi connectivity index (χ4n) is 6.07. The highest BCUT2D eigenvalue weighted by Gasteiger charge is 2.30. The van der Waals surface area contributed by atoms with Crippen LogP contribution >= 0.6 is 54.5 Å². The minimum absolute atomic E-state index is 0.